The highest BCUT2D eigenvalue weighted by Crippen LogP contribution is 2.41. The number of nitrogens with one attached hydrogen (secondary N) is 1. The SMILES string of the molecule is CCC1(CNS(=O)(=O)c2c(N)cc(Cl)cc2Cl)CCCC1. The van der Waals surface area contributed by atoms with Crippen LogP contribution in [0.4, 0.5) is 5.69 Å². The van der Waals surface area contributed by atoms with Gasteiger partial charge < -0.3 is 5.73 Å². The van der Waals surface area contributed by atoms with E-state index in [2.05, 4.69) is 11.6 Å². The maximum absolute atomic E-state index is 12.5. The first-order chi connectivity index (χ1) is 9.80. The van der Waals surface area contributed by atoms with E-state index in [4.69, 9.17) is 28.9 Å². The Hall–Kier alpha value is -0.490. The molecular formula is C14H20Cl2N2O2S. The molecule has 0 bridgehead atoms. The second kappa shape index (κ2) is 6.32. The van der Waals surface area contributed by atoms with E-state index in [1.807, 2.05) is 0 Å². The van der Waals surface area contributed by atoms with Crippen LogP contribution >= 0.6 is 23.2 Å². The van der Waals surface area contributed by atoms with Crippen LogP contribution in [-0.2, 0) is 10.0 Å². The maximum Gasteiger partial charge on any atom is 0.244 e. The number of nitrogen functional groups attached to an aromatic ring is 1. The molecule has 0 radical (unpaired) electrons. The molecule has 0 amide bonds. The van der Waals surface area contributed by atoms with Crippen molar-refractivity contribution in [2.45, 2.75) is 43.9 Å². The van der Waals surface area contributed by atoms with Gasteiger partial charge in [-0.2, -0.15) is 0 Å². The minimum atomic E-state index is -3.74. The standard InChI is InChI=1S/C14H20Cl2N2O2S/c1-2-14(5-3-4-6-14)9-18-21(19,20)13-11(16)7-10(15)8-12(13)17/h7-8,18H,2-6,9,17H2,1H3. The average molecular weight is 351 g/mol. The number of hydrogen-bond acceptors (Lipinski definition) is 3. The van der Waals surface area contributed by atoms with Crippen molar-refractivity contribution in [1.29, 1.82) is 0 Å². The molecule has 0 atom stereocenters. The topological polar surface area (TPSA) is 72.2 Å². The minimum absolute atomic E-state index is 0.0458. The van der Waals surface area contributed by atoms with Crippen molar-refractivity contribution < 1.29 is 8.42 Å². The van der Waals surface area contributed by atoms with Crippen LogP contribution in [0.15, 0.2) is 17.0 Å². The molecule has 0 aliphatic heterocycles. The number of rotatable bonds is 5. The van der Waals surface area contributed by atoms with Crippen molar-refractivity contribution in [3.63, 3.8) is 0 Å². The second-order valence-corrected chi connectivity index (χ2v) is 8.24. The molecule has 1 aliphatic rings. The molecule has 1 aliphatic carbocycles. The Bertz CT molecular complexity index is 603. The molecule has 0 unspecified atom stereocenters. The summed E-state index contributed by atoms with van der Waals surface area (Å²) in [5.41, 5.74) is 5.89. The van der Waals surface area contributed by atoms with Crippen molar-refractivity contribution in [2.24, 2.45) is 5.41 Å². The molecule has 21 heavy (non-hydrogen) atoms. The van der Waals surface area contributed by atoms with E-state index in [1.165, 1.54) is 12.1 Å². The van der Waals surface area contributed by atoms with E-state index >= 15 is 0 Å². The predicted molar refractivity (Wildman–Crippen MR) is 87.3 cm³/mol. The lowest BCUT2D eigenvalue weighted by molar-refractivity contribution is 0.285. The first-order valence-corrected chi connectivity index (χ1v) is 9.28. The van der Waals surface area contributed by atoms with Crippen molar-refractivity contribution in [2.75, 3.05) is 12.3 Å². The zero-order valence-electron chi connectivity index (χ0n) is 12.0. The lowest BCUT2D eigenvalue weighted by Crippen LogP contribution is -2.36. The predicted octanol–water partition coefficient (Wildman–Crippen LogP) is 3.82. The molecule has 7 heteroatoms. The first-order valence-electron chi connectivity index (χ1n) is 7.04. The monoisotopic (exact) mass is 350 g/mol. The van der Waals surface area contributed by atoms with E-state index in [1.54, 1.807) is 0 Å². The maximum atomic E-state index is 12.5. The number of halogens is 2. The van der Waals surface area contributed by atoms with Crippen LogP contribution in [0.1, 0.15) is 39.0 Å². The summed E-state index contributed by atoms with van der Waals surface area (Å²) < 4.78 is 27.6. The molecule has 4 nitrogen and oxygen atoms in total. The van der Waals surface area contributed by atoms with E-state index in [0.717, 1.165) is 32.1 Å². The van der Waals surface area contributed by atoms with Gasteiger partial charge in [-0.25, -0.2) is 13.1 Å². The molecule has 0 aromatic heterocycles. The van der Waals surface area contributed by atoms with Crippen LogP contribution in [0.5, 0.6) is 0 Å². The lowest BCUT2D eigenvalue weighted by Gasteiger charge is -2.27. The van der Waals surface area contributed by atoms with Gasteiger partial charge in [-0.05, 0) is 36.8 Å². The largest absolute Gasteiger partial charge is 0.398 e. The minimum Gasteiger partial charge on any atom is -0.398 e. The Morgan fingerprint density at radius 1 is 1.29 bits per heavy atom. The van der Waals surface area contributed by atoms with Crippen LogP contribution in [0.2, 0.25) is 10.0 Å². The van der Waals surface area contributed by atoms with Crippen molar-refractivity contribution in [3.8, 4) is 0 Å². The third kappa shape index (κ3) is 3.65. The fourth-order valence-electron chi connectivity index (χ4n) is 2.96. The van der Waals surface area contributed by atoms with Gasteiger partial charge in [-0.15, -0.1) is 0 Å². The Morgan fingerprint density at radius 3 is 2.43 bits per heavy atom. The van der Waals surface area contributed by atoms with Gasteiger partial charge in [-0.1, -0.05) is 43.0 Å². The van der Waals surface area contributed by atoms with E-state index in [9.17, 15) is 8.42 Å². The molecule has 1 aromatic rings. The third-order valence-corrected chi connectivity index (χ3v) is 6.50. The lowest BCUT2D eigenvalue weighted by atomic mass is 9.84. The number of benzene rings is 1. The van der Waals surface area contributed by atoms with Crippen LogP contribution < -0.4 is 10.5 Å². The molecule has 118 valence electrons. The zero-order chi connectivity index (χ0) is 15.7. The molecule has 0 spiro atoms. The van der Waals surface area contributed by atoms with E-state index < -0.39 is 10.0 Å². The molecule has 0 heterocycles. The summed E-state index contributed by atoms with van der Waals surface area (Å²) in [4.78, 5) is -0.0854. The highest BCUT2D eigenvalue weighted by Gasteiger charge is 2.34. The Balaban J connectivity index is 2.23. The van der Waals surface area contributed by atoms with E-state index in [-0.39, 0.29) is 21.0 Å². The molecular weight excluding hydrogens is 331 g/mol. The summed E-state index contributed by atoms with van der Waals surface area (Å²) >= 11 is 11.8. The molecule has 0 saturated heterocycles. The molecule has 2 rings (SSSR count). The summed E-state index contributed by atoms with van der Waals surface area (Å²) in [7, 11) is -3.74. The van der Waals surface area contributed by atoms with Gasteiger partial charge in [0.15, 0.2) is 0 Å². The highest BCUT2D eigenvalue weighted by atomic mass is 35.5. The van der Waals surface area contributed by atoms with Crippen LogP contribution in [0, 0.1) is 5.41 Å². The first kappa shape index (κ1) is 16.9. The second-order valence-electron chi connectivity index (χ2n) is 5.69. The number of nitrogens with two attached hydrogens (primary N) is 1. The quantitative estimate of drug-likeness (QED) is 0.792. The van der Waals surface area contributed by atoms with Gasteiger partial charge in [0.2, 0.25) is 10.0 Å². The molecule has 3 N–H and O–H groups in total. The third-order valence-electron chi connectivity index (χ3n) is 4.36. The van der Waals surface area contributed by atoms with E-state index in [0.29, 0.717) is 11.6 Å². The average Bonchev–Trinajstić information content (AvgIpc) is 2.84. The fraction of sp³-hybridized carbons (Fsp3) is 0.571. The highest BCUT2D eigenvalue weighted by molar-refractivity contribution is 7.89. The van der Waals surface area contributed by atoms with Gasteiger partial charge in [-0.3, -0.25) is 0 Å². The molecule has 1 fully saturated rings. The number of anilines is 1. The number of hydrogen-bond donors (Lipinski definition) is 2. The van der Waals surface area contributed by atoms with Gasteiger partial charge in [0.25, 0.3) is 0 Å². The Labute approximate surface area is 136 Å². The van der Waals surface area contributed by atoms with Crippen LogP contribution in [0.25, 0.3) is 0 Å². The van der Waals surface area contributed by atoms with Crippen LogP contribution in [0.3, 0.4) is 0 Å². The van der Waals surface area contributed by atoms with Crippen molar-refractivity contribution >= 4 is 38.9 Å². The summed E-state index contributed by atoms with van der Waals surface area (Å²) in [5, 5.41) is 0.363. The smallest absolute Gasteiger partial charge is 0.244 e. The van der Waals surface area contributed by atoms with Gasteiger partial charge >= 0.3 is 0 Å². The Kier molecular flexibility index (Phi) is 5.08. The summed E-state index contributed by atoms with van der Waals surface area (Å²) in [6, 6.07) is 2.78. The van der Waals surface area contributed by atoms with Gasteiger partial charge in [0.1, 0.15) is 4.90 Å². The van der Waals surface area contributed by atoms with Crippen molar-refractivity contribution in [3.05, 3.63) is 22.2 Å². The normalized spacial score (nSPS) is 18.0. The molecule has 1 saturated carbocycles. The summed E-state index contributed by atoms with van der Waals surface area (Å²) in [6.07, 6.45) is 5.36. The van der Waals surface area contributed by atoms with Gasteiger partial charge in [0.05, 0.1) is 10.7 Å². The Morgan fingerprint density at radius 2 is 1.90 bits per heavy atom. The fourth-order valence-corrected chi connectivity index (χ4v) is 5.10. The zero-order valence-corrected chi connectivity index (χ0v) is 14.3. The molecule has 1 aromatic carbocycles. The number of sulfonamides is 1. The summed E-state index contributed by atoms with van der Waals surface area (Å²) in [6.45, 7) is 2.52. The van der Waals surface area contributed by atoms with Crippen LogP contribution in [-0.4, -0.2) is 15.0 Å². The summed E-state index contributed by atoms with van der Waals surface area (Å²) in [5.74, 6) is 0. The van der Waals surface area contributed by atoms with Gasteiger partial charge in [0, 0.05) is 11.6 Å². The van der Waals surface area contributed by atoms with Crippen molar-refractivity contribution in [1.82, 2.24) is 4.72 Å².